The van der Waals surface area contributed by atoms with Gasteiger partial charge in [0.2, 0.25) is 0 Å². The van der Waals surface area contributed by atoms with E-state index < -0.39 is 24.5 Å². The van der Waals surface area contributed by atoms with Gasteiger partial charge < -0.3 is 18.9 Å². The van der Waals surface area contributed by atoms with Crippen molar-refractivity contribution in [1.82, 2.24) is 0 Å². The summed E-state index contributed by atoms with van der Waals surface area (Å²) >= 11 is 1.58. The molecule has 0 amide bonds. The van der Waals surface area contributed by atoms with E-state index >= 15 is 4.39 Å². The third-order valence-electron chi connectivity index (χ3n) is 5.38. The van der Waals surface area contributed by atoms with Crippen LogP contribution in [0.1, 0.15) is 64.9 Å². The molecule has 0 aromatic heterocycles. The molecule has 0 aliphatic carbocycles. The molecule has 1 heterocycles. The summed E-state index contributed by atoms with van der Waals surface area (Å²) in [5.41, 5.74) is 0.856. The Kier molecular flexibility index (Phi) is 13.1. The highest BCUT2D eigenvalue weighted by Gasteiger charge is 2.48. The molecule has 1 saturated heterocycles. The fraction of sp³-hybridized carbons (Fsp3) is 0.760. The van der Waals surface area contributed by atoms with E-state index in [1.165, 1.54) is 5.56 Å². The van der Waals surface area contributed by atoms with Crippen LogP contribution in [0.2, 0.25) is 0 Å². The van der Waals surface area contributed by atoms with E-state index in [-0.39, 0.29) is 12.0 Å². The molecule has 1 aromatic rings. The van der Waals surface area contributed by atoms with Gasteiger partial charge in [-0.15, -0.1) is 0 Å². The van der Waals surface area contributed by atoms with Crippen molar-refractivity contribution < 1.29 is 23.3 Å². The molecule has 1 aliphatic rings. The first-order chi connectivity index (χ1) is 15.1. The second-order valence-electron chi connectivity index (χ2n) is 8.22. The molecule has 1 fully saturated rings. The molecule has 2 rings (SSSR count). The van der Waals surface area contributed by atoms with E-state index in [9.17, 15) is 0 Å². The van der Waals surface area contributed by atoms with Gasteiger partial charge in [0.25, 0.3) is 0 Å². The maximum Gasteiger partial charge on any atom is 0.157 e. The topological polar surface area (TPSA) is 36.9 Å². The highest BCUT2D eigenvalue weighted by Crippen LogP contribution is 2.37. The van der Waals surface area contributed by atoms with Crippen LogP contribution >= 0.6 is 11.8 Å². The van der Waals surface area contributed by atoms with Crippen molar-refractivity contribution in [3.05, 3.63) is 29.8 Å². The maximum absolute atomic E-state index is 15.6. The Morgan fingerprint density at radius 3 is 2.06 bits per heavy atom. The van der Waals surface area contributed by atoms with Gasteiger partial charge in [-0.05, 0) is 38.3 Å². The molecule has 5 unspecified atom stereocenters. The zero-order valence-corrected chi connectivity index (χ0v) is 20.5. The molecule has 1 aliphatic heterocycles. The molecular formula is C25H41FO4S. The van der Waals surface area contributed by atoms with Crippen LogP contribution in [-0.4, -0.2) is 56.3 Å². The summed E-state index contributed by atoms with van der Waals surface area (Å²) in [6.07, 6.45) is 2.83. The predicted molar refractivity (Wildman–Crippen MR) is 126 cm³/mol. The van der Waals surface area contributed by atoms with Crippen molar-refractivity contribution in [3.8, 4) is 0 Å². The average molecular weight is 457 g/mol. The smallest absolute Gasteiger partial charge is 0.157 e. The van der Waals surface area contributed by atoms with E-state index in [2.05, 4.69) is 52.0 Å². The molecule has 0 radical (unpaired) electrons. The number of alkyl halides is 1. The first kappa shape index (κ1) is 26.6. The maximum atomic E-state index is 15.6. The Morgan fingerprint density at radius 2 is 1.45 bits per heavy atom. The minimum Gasteiger partial charge on any atom is -0.379 e. The van der Waals surface area contributed by atoms with Crippen LogP contribution in [0.15, 0.2) is 29.2 Å². The molecule has 4 nitrogen and oxygen atoms in total. The van der Waals surface area contributed by atoms with Crippen LogP contribution in [0.4, 0.5) is 4.39 Å². The van der Waals surface area contributed by atoms with Crippen molar-refractivity contribution in [2.45, 2.75) is 101 Å². The molecule has 0 saturated carbocycles. The summed E-state index contributed by atoms with van der Waals surface area (Å²) in [5.74, 6) is 0. The fourth-order valence-electron chi connectivity index (χ4n) is 3.38. The molecule has 6 heteroatoms. The number of rotatable bonds is 15. The summed E-state index contributed by atoms with van der Waals surface area (Å²) < 4.78 is 39.8. The van der Waals surface area contributed by atoms with Gasteiger partial charge in [0, 0.05) is 24.7 Å². The molecule has 31 heavy (non-hydrogen) atoms. The van der Waals surface area contributed by atoms with Crippen molar-refractivity contribution >= 4 is 11.8 Å². The van der Waals surface area contributed by atoms with Gasteiger partial charge in [-0.25, -0.2) is 4.39 Å². The first-order valence-corrected chi connectivity index (χ1v) is 12.8. The van der Waals surface area contributed by atoms with Crippen LogP contribution < -0.4 is 0 Å². The monoisotopic (exact) mass is 456 g/mol. The SMILES string of the molecule is CCCCOCC1OC(Sc2ccc(C)cc2)C(OCCCC)C(OCCCC)C1F. The molecule has 5 atom stereocenters. The number of ether oxygens (including phenoxy) is 4. The van der Waals surface area contributed by atoms with Gasteiger partial charge in [0.15, 0.2) is 6.17 Å². The minimum atomic E-state index is -1.28. The third kappa shape index (κ3) is 9.01. The lowest BCUT2D eigenvalue weighted by Gasteiger charge is -2.43. The van der Waals surface area contributed by atoms with Gasteiger partial charge in [-0.2, -0.15) is 0 Å². The quantitative estimate of drug-likeness (QED) is 0.288. The summed E-state index contributed by atoms with van der Waals surface area (Å²) in [6.45, 7) is 10.4. The van der Waals surface area contributed by atoms with E-state index in [1.54, 1.807) is 11.8 Å². The van der Waals surface area contributed by atoms with Crippen LogP contribution in [0.5, 0.6) is 0 Å². The van der Waals surface area contributed by atoms with Gasteiger partial charge in [0.05, 0.1) is 6.61 Å². The van der Waals surface area contributed by atoms with Crippen LogP contribution in [-0.2, 0) is 18.9 Å². The Hall–Kier alpha value is -0.660. The van der Waals surface area contributed by atoms with Crippen LogP contribution in [0.3, 0.4) is 0 Å². The normalized spacial score (nSPS) is 26.3. The lowest BCUT2D eigenvalue weighted by molar-refractivity contribution is -0.218. The molecule has 0 N–H and O–H groups in total. The van der Waals surface area contributed by atoms with E-state index in [4.69, 9.17) is 18.9 Å². The van der Waals surface area contributed by atoms with Gasteiger partial charge in [-0.1, -0.05) is 69.5 Å². The van der Waals surface area contributed by atoms with Crippen molar-refractivity contribution in [3.63, 3.8) is 0 Å². The van der Waals surface area contributed by atoms with Gasteiger partial charge in [-0.3, -0.25) is 0 Å². The summed E-state index contributed by atoms with van der Waals surface area (Å²) in [6, 6.07) is 8.31. The van der Waals surface area contributed by atoms with Crippen LogP contribution in [0, 0.1) is 6.92 Å². The Morgan fingerprint density at radius 1 is 0.871 bits per heavy atom. The number of aryl methyl sites for hydroxylation is 1. The lowest BCUT2D eigenvalue weighted by atomic mass is 10.0. The third-order valence-corrected chi connectivity index (χ3v) is 6.54. The van der Waals surface area contributed by atoms with E-state index in [1.807, 2.05) is 0 Å². The highest BCUT2D eigenvalue weighted by atomic mass is 32.2. The number of unbranched alkanes of at least 4 members (excludes halogenated alkanes) is 3. The molecule has 0 bridgehead atoms. The standard InChI is InChI=1S/C25H41FO4S/c1-5-8-15-27-18-21-22(26)23(28-16-9-6-2)24(29-17-10-7-3)25(30-21)31-20-13-11-19(4)12-14-20/h11-14,21-25H,5-10,15-18H2,1-4H3. The first-order valence-electron chi connectivity index (χ1n) is 11.9. The molecule has 0 spiro atoms. The number of benzene rings is 1. The lowest BCUT2D eigenvalue weighted by Crippen LogP contribution is -2.58. The van der Waals surface area contributed by atoms with E-state index in [0.717, 1.165) is 43.4 Å². The van der Waals surface area contributed by atoms with Crippen LogP contribution in [0.25, 0.3) is 0 Å². The van der Waals surface area contributed by atoms with Crippen molar-refractivity contribution in [2.24, 2.45) is 0 Å². The Bertz CT molecular complexity index is 585. The molecule has 178 valence electrons. The zero-order valence-electron chi connectivity index (χ0n) is 19.7. The largest absolute Gasteiger partial charge is 0.379 e. The minimum absolute atomic E-state index is 0.238. The van der Waals surface area contributed by atoms with Gasteiger partial charge in [0.1, 0.15) is 23.7 Å². The average Bonchev–Trinajstić information content (AvgIpc) is 2.77. The summed E-state index contributed by atoms with van der Waals surface area (Å²) in [5, 5.41) is 0. The summed E-state index contributed by atoms with van der Waals surface area (Å²) in [7, 11) is 0. The number of halogens is 1. The zero-order chi connectivity index (χ0) is 22.5. The number of hydrogen-bond donors (Lipinski definition) is 0. The van der Waals surface area contributed by atoms with Gasteiger partial charge >= 0.3 is 0 Å². The predicted octanol–water partition coefficient (Wildman–Crippen LogP) is 6.34. The van der Waals surface area contributed by atoms with E-state index in [0.29, 0.717) is 19.8 Å². The molecule has 1 aromatic carbocycles. The number of thioether (sulfide) groups is 1. The Balaban J connectivity index is 2.17. The second-order valence-corrected chi connectivity index (χ2v) is 9.40. The second kappa shape index (κ2) is 15.2. The fourth-order valence-corrected chi connectivity index (χ4v) is 4.51. The highest BCUT2D eigenvalue weighted by molar-refractivity contribution is 7.99. The van der Waals surface area contributed by atoms with Crippen molar-refractivity contribution in [2.75, 3.05) is 26.4 Å². The number of hydrogen-bond acceptors (Lipinski definition) is 5. The van der Waals surface area contributed by atoms with Crippen molar-refractivity contribution in [1.29, 1.82) is 0 Å². The Labute approximate surface area is 192 Å². The molecular weight excluding hydrogens is 415 g/mol. The summed E-state index contributed by atoms with van der Waals surface area (Å²) in [4.78, 5) is 1.08.